The first kappa shape index (κ1) is 18.3. The summed E-state index contributed by atoms with van der Waals surface area (Å²) in [5.74, 6) is -0.199. The quantitative estimate of drug-likeness (QED) is 0.387. The van der Waals surface area contributed by atoms with Crippen LogP contribution >= 0.6 is 22.7 Å². The summed E-state index contributed by atoms with van der Waals surface area (Å²) in [7, 11) is 0. The second-order valence-electron chi connectivity index (χ2n) is 6.02. The molecule has 0 fully saturated rings. The van der Waals surface area contributed by atoms with Crippen molar-refractivity contribution in [1.82, 2.24) is 20.2 Å². The lowest BCUT2D eigenvalue weighted by atomic mass is 10.2. The van der Waals surface area contributed by atoms with Crippen LogP contribution in [-0.4, -0.2) is 26.9 Å². The summed E-state index contributed by atoms with van der Waals surface area (Å²) in [6, 6.07) is 13.9. The highest BCUT2D eigenvalue weighted by Crippen LogP contribution is 2.26. The lowest BCUT2D eigenvalue weighted by Crippen LogP contribution is -2.19. The second-order valence-corrected chi connectivity index (χ2v) is 8.03. The Morgan fingerprint density at radius 1 is 1.21 bits per heavy atom. The minimum absolute atomic E-state index is 0.199. The van der Waals surface area contributed by atoms with Gasteiger partial charge in [-0.1, -0.05) is 24.3 Å². The van der Waals surface area contributed by atoms with Crippen LogP contribution in [0.2, 0.25) is 0 Å². The molecule has 0 saturated carbocycles. The molecule has 1 aromatic carbocycles. The predicted molar refractivity (Wildman–Crippen MR) is 113 cm³/mol. The third-order valence-corrected chi connectivity index (χ3v) is 5.62. The molecule has 0 aliphatic heterocycles. The number of thiazole rings is 1. The molecule has 4 aromatic rings. The van der Waals surface area contributed by atoms with Gasteiger partial charge in [-0.15, -0.1) is 22.7 Å². The molecule has 0 atom stereocenters. The number of benzene rings is 1. The van der Waals surface area contributed by atoms with Crippen molar-refractivity contribution >= 4 is 34.8 Å². The number of nitrogens with one attached hydrogen (secondary N) is 1. The largest absolute Gasteiger partial charge is 0.273 e. The molecule has 0 aliphatic rings. The molecule has 0 unspecified atom stereocenters. The Labute approximate surface area is 170 Å². The summed E-state index contributed by atoms with van der Waals surface area (Å²) in [6.07, 6.45) is 3.75. The van der Waals surface area contributed by atoms with Gasteiger partial charge in [-0.3, -0.25) is 4.79 Å². The molecule has 0 saturated heterocycles. The van der Waals surface area contributed by atoms with E-state index in [2.05, 4.69) is 15.5 Å². The summed E-state index contributed by atoms with van der Waals surface area (Å²) in [6.45, 7) is 1.92. The zero-order valence-electron chi connectivity index (χ0n) is 15.1. The van der Waals surface area contributed by atoms with Gasteiger partial charge in [0.05, 0.1) is 33.9 Å². The molecule has 140 valence electrons. The number of thiophene rings is 1. The Balaban J connectivity index is 1.53. The van der Waals surface area contributed by atoms with Gasteiger partial charge < -0.3 is 0 Å². The number of carbonyl (C=O) groups excluding carboxylic acids is 1. The van der Waals surface area contributed by atoms with Crippen LogP contribution in [0.15, 0.2) is 64.5 Å². The van der Waals surface area contributed by atoms with E-state index < -0.39 is 0 Å². The first-order chi connectivity index (χ1) is 13.7. The third-order valence-electron chi connectivity index (χ3n) is 3.92. The van der Waals surface area contributed by atoms with Crippen molar-refractivity contribution < 1.29 is 4.79 Å². The van der Waals surface area contributed by atoms with Crippen molar-refractivity contribution in [3.8, 4) is 16.3 Å². The van der Waals surface area contributed by atoms with Gasteiger partial charge in [0.15, 0.2) is 0 Å². The fraction of sp³-hybridized carbons (Fsp3) is 0.100. The molecule has 0 radical (unpaired) electrons. The number of amides is 1. The molecule has 8 heteroatoms. The maximum atomic E-state index is 12.1. The molecule has 3 aromatic heterocycles. The van der Waals surface area contributed by atoms with E-state index in [1.165, 1.54) is 11.3 Å². The second kappa shape index (κ2) is 8.28. The zero-order chi connectivity index (χ0) is 19.3. The molecular weight excluding hydrogens is 390 g/mol. The Kier molecular flexibility index (Phi) is 5.41. The number of hydrogen-bond donors (Lipinski definition) is 1. The summed E-state index contributed by atoms with van der Waals surface area (Å²) < 4.78 is 1.82. The molecule has 28 heavy (non-hydrogen) atoms. The van der Waals surface area contributed by atoms with Crippen LogP contribution < -0.4 is 5.43 Å². The number of hydrazone groups is 1. The van der Waals surface area contributed by atoms with Gasteiger partial charge in [-0.05, 0) is 30.5 Å². The summed E-state index contributed by atoms with van der Waals surface area (Å²) in [5, 5.41) is 13.7. The molecule has 4 rings (SSSR count). The number of hydrogen-bond acceptors (Lipinski definition) is 6. The van der Waals surface area contributed by atoms with Crippen molar-refractivity contribution in [2.24, 2.45) is 5.10 Å². The average molecular weight is 408 g/mol. The SMILES string of the molecule is Cc1nc(CC(=O)NN=Cc2cn(-c3ccccc3)nc2-c2cccs2)cs1. The maximum Gasteiger partial charge on any atom is 0.246 e. The van der Waals surface area contributed by atoms with Crippen LogP contribution in [-0.2, 0) is 11.2 Å². The van der Waals surface area contributed by atoms with Gasteiger partial charge in [0.1, 0.15) is 5.69 Å². The summed E-state index contributed by atoms with van der Waals surface area (Å²) in [5.41, 5.74) is 5.94. The van der Waals surface area contributed by atoms with E-state index in [0.717, 1.165) is 32.5 Å². The van der Waals surface area contributed by atoms with Crippen LogP contribution in [0.4, 0.5) is 0 Å². The van der Waals surface area contributed by atoms with Crippen LogP contribution in [0.1, 0.15) is 16.3 Å². The predicted octanol–water partition coefficient (Wildman–Crippen LogP) is 4.06. The monoisotopic (exact) mass is 407 g/mol. The zero-order valence-corrected chi connectivity index (χ0v) is 16.7. The summed E-state index contributed by atoms with van der Waals surface area (Å²) in [4.78, 5) is 17.4. The van der Waals surface area contributed by atoms with Gasteiger partial charge in [0.2, 0.25) is 5.91 Å². The minimum atomic E-state index is -0.199. The van der Waals surface area contributed by atoms with Gasteiger partial charge in [-0.2, -0.15) is 10.2 Å². The third kappa shape index (κ3) is 4.24. The van der Waals surface area contributed by atoms with E-state index in [0.29, 0.717) is 0 Å². The van der Waals surface area contributed by atoms with Crippen molar-refractivity contribution in [2.75, 3.05) is 0 Å². The highest BCUT2D eigenvalue weighted by Gasteiger charge is 2.12. The van der Waals surface area contributed by atoms with E-state index in [1.807, 2.05) is 71.0 Å². The maximum absolute atomic E-state index is 12.1. The van der Waals surface area contributed by atoms with E-state index in [-0.39, 0.29) is 12.3 Å². The van der Waals surface area contributed by atoms with Crippen LogP contribution in [0.25, 0.3) is 16.3 Å². The number of rotatable bonds is 6. The fourth-order valence-corrected chi connectivity index (χ4v) is 4.01. The average Bonchev–Trinajstić information content (AvgIpc) is 3.43. The minimum Gasteiger partial charge on any atom is -0.273 e. The fourth-order valence-electron chi connectivity index (χ4n) is 2.67. The topological polar surface area (TPSA) is 72.2 Å². The van der Waals surface area contributed by atoms with E-state index in [9.17, 15) is 4.79 Å². The van der Waals surface area contributed by atoms with Crippen molar-refractivity contribution in [2.45, 2.75) is 13.3 Å². The standard InChI is InChI=1S/C20H17N5OS2/c1-14-22-16(13-28-14)10-19(26)23-21-11-15-12-25(17-6-3-2-4-7-17)24-20(15)18-8-5-9-27-18/h2-9,11-13H,10H2,1H3,(H,23,26). The number of para-hydroxylation sites is 1. The Hall–Kier alpha value is -3.10. The van der Waals surface area contributed by atoms with E-state index in [1.54, 1.807) is 17.6 Å². The van der Waals surface area contributed by atoms with Crippen LogP contribution in [0.3, 0.4) is 0 Å². The molecule has 3 heterocycles. The normalized spacial score (nSPS) is 11.2. The molecule has 0 bridgehead atoms. The van der Waals surface area contributed by atoms with Gasteiger partial charge >= 0.3 is 0 Å². The Morgan fingerprint density at radius 2 is 2.07 bits per heavy atom. The van der Waals surface area contributed by atoms with E-state index >= 15 is 0 Å². The van der Waals surface area contributed by atoms with Crippen LogP contribution in [0, 0.1) is 6.92 Å². The number of aryl methyl sites for hydroxylation is 1. The summed E-state index contributed by atoms with van der Waals surface area (Å²) >= 11 is 3.14. The Morgan fingerprint density at radius 3 is 2.79 bits per heavy atom. The van der Waals surface area contributed by atoms with Crippen molar-refractivity contribution in [3.63, 3.8) is 0 Å². The van der Waals surface area contributed by atoms with Gasteiger partial charge in [0, 0.05) is 17.1 Å². The lowest BCUT2D eigenvalue weighted by Gasteiger charge is -1.98. The van der Waals surface area contributed by atoms with E-state index in [4.69, 9.17) is 5.10 Å². The molecule has 0 spiro atoms. The highest BCUT2D eigenvalue weighted by molar-refractivity contribution is 7.13. The Bertz CT molecular complexity index is 1100. The first-order valence-electron chi connectivity index (χ1n) is 8.61. The van der Waals surface area contributed by atoms with Gasteiger partial charge in [0.25, 0.3) is 0 Å². The van der Waals surface area contributed by atoms with Gasteiger partial charge in [-0.25, -0.2) is 15.1 Å². The number of carbonyl (C=O) groups is 1. The number of nitrogens with zero attached hydrogens (tertiary/aromatic N) is 4. The molecule has 1 N–H and O–H groups in total. The number of aromatic nitrogens is 3. The molecular formula is C20H17N5OS2. The van der Waals surface area contributed by atoms with Crippen molar-refractivity contribution in [3.05, 3.63) is 75.7 Å². The van der Waals surface area contributed by atoms with Crippen molar-refractivity contribution in [1.29, 1.82) is 0 Å². The smallest absolute Gasteiger partial charge is 0.246 e. The first-order valence-corrected chi connectivity index (χ1v) is 10.4. The molecule has 6 nitrogen and oxygen atoms in total. The molecule has 0 aliphatic carbocycles. The lowest BCUT2D eigenvalue weighted by molar-refractivity contribution is -0.120. The molecule has 1 amide bonds. The highest BCUT2D eigenvalue weighted by atomic mass is 32.1. The van der Waals surface area contributed by atoms with Crippen LogP contribution in [0.5, 0.6) is 0 Å².